The smallest absolute Gasteiger partial charge is 0.169 e. The SMILES string of the molecule is Cc1ccc(C2(F)CC2F)cc1. The van der Waals surface area contributed by atoms with Crippen LogP contribution in [-0.2, 0) is 5.67 Å². The lowest BCUT2D eigenvalue weighted by molar-refractivity contribution is 0.252. The van der Waals surface area contributed by atoms with Crippen LogP contribution in [0.5, 0.6) is 0 Å². The predicted molar refractivity (Wildman–Crippen MR) is 43.5 cm³/mol. The van der Waals surface area contributed by atoms with Gasteiger partial charge in [-0.05, 0) is 12.5 Å². The summed E-state index contributed by atoms with van der Waals surface area (Å²) < 4.78 is 26.0. The van der Waals surface area contributed by atoms with E-state index in [1.165, 1.54) is 0 Å². The Morgan fingerprint density at radius 1 is 1.33 bits per heavy atom. The molecule has 0 aliphatic heterocycles. The maximum absolute atomic E-state index is 13.4. The molecule has 2 heteroatoms. The Labute approximate surface area is 70.2 Å². The van der Waals surface area contributed by atoms with Crippen molar-refractivity contribution in [3.05, 3.63) is 35.4 Å². The summed E-state index contributed by atoms with van der Waals surface area (Å²) in [5.74, 6) is 0. The van der Waals surface area contributed by atoms with Gasteiger partial charge in [-0.1, -0.05) is 29.8 Å². The van der Waals surface area contributed by atoms with Gasteiger partial charge >= 0.3 is 0 Å². The number of hydrogen-bond donors (Lipinski definition) is 0. The van der Waals surface area contributed by atoms with E-state index in [1.54, 1.807) is 12.1 Å². The zero-order valence-electron chi connectivity index (χ0n) is 6.85. The van der Waals surface area contributed by atoms with Gasteiger partial charge in [0.15, 0.2) is 5.67 Å². The highest BCUT2D eigenvalue weighted by Gasteiger charge is 2.57. The molecule has 0 radical (unpaired) electrons. The van der Waals surface area contributed by atoms with Crippen molar-refractivity contribution >= 4 is 0 Å². The fourth-order valence-corrected chi connectivity index (χ4v) is 1.33. The lowest BCUT2D eigenvalue weighted by Crippen LogP contribution is -2.01. The maximum Gasteiger partial charge on any atom is 0.169 e. The molecule has 0 nitrogen and oxygen atoms in total. The van der Waals surface area contributed by atoms with Crippen LogP contribution in [0.2, 0.25) is 0 Å². The van der Waals surface area contributed by atoms with Gasteiger partial charge in [0, 0.05) is 6.42 Å². The summed E-state index contributed by atoms with van der Waals surface area (Å²) in [6.07, 6.45) is -1.27. The van der Waals surface area contributed by atoms with Gasteiger partial charge in [-0.15, -0.1) is 0 Å². The van der Waals surface area contributed by atoms with E-state index >= 15 is 0 Å². The molecule has 0 heterocycles. The molecule has 64 valence electrons. The van der Waals surface area contributed by atoms with Crippen LogP contribution in [0.25, 0.3) is 0 Å². The van der Waals surface area contributed by atoms with E-state index < -0.39 is 11.8 Å². The summed E-state index contributed by atoms with van der Waals surface area (Å²) in [5.41, 5.74) is -0.132. The van der Waals surface area contributed by atoms with Crippen LogP contribution in [-0.4, -0.2) is 6.17 Å². The molecule has 1 aromatic rings. The first-order valence-electron chi connectivity index (χ1n) is 4.03. The summed E-state index contributed by atoms with van der Waals surface area (Å²) in [4.78, 5) is 0. The van der Waals surface area contributed by atoms with Crippen LogP contribution in [0.3, 0.4) is 0 Å². The van der Waals surface area contributed by atoms with Crippen molar-refractivity contribution in [1.29, 1.82) is 0 Å². The quantitative estimate of drug-likeness (QED) is 0.604. The van der Waals surface area contributed by atoms with Crippen molar-refractivity contribution < 1.29 is 8.78 Å². The van der Waals surface area contributed by atoms with Gasteiger partial charge < -0.3 is 0 Å². The van der Waals surface area contributed by atoms with Crippen molar-refractivity contribution in [1.82, 2.24) is 0 Å². The molecule has 0 spiro atoms. The molecule has 0 amide bonds. The lowest BCUT2D eigenvalue weighted by Gasteiger charge is -2.04. The van der Waals surface area contributed by atoms with Gasteiger partial charge in [0.05, 0.1) is 0 Å². The second-order valence-corrected chi connectivity index (χ2v) is 3.40. The number of alkyl halides is 2. The molecular weight excluding hydrogens is 158 g/mol. The van der Waals surface area contributed by atoms with Crippen LogP contribution < -0.4 is 0 Å². The summed E-state index contributed by atoms with van der Waals surface area (Å²) >= 11 is 0. The predicted octanol–water partition coefficient (Wildman–Crippen LogP) is 2.90. The number of benzene rings is 1. The molecule has 0 N–H and O–H groups in total. The molecule has 1 saturated carbocycles. The first-order chi connectivity index (χ1) is 5.63. The van der Waals surface area contributed by atoms with Gasteiger partial charge in [0.25, 0.3) is 0 Å². The molecule has 12 heavy (non-hydrogen) atoms. The maximum atomic E-state index is 13.4. The Morgan fingerprint density at radius 2 is 1.83 bits per heavy atom. The summed E-state index contributed by atoms with van der Waals surface area (Å²) in [7, 11) is 0. The topological polar surface area (TPSA) is 0 Å². The third-order valence-corrected chi connectivity index (χ3v) is 2.34. The summed E-state index contributed by atoms with van der Waals surface area (Å²) in [5, 5.41) is 0. The van der Waals surface area contributed by atoms with Gasteiger partial charge in [-0.25, -0.2) is 8.78 Å². The number of halogens is 2. The van der Waals surface area contributed by atoms with E-state index in [0.29, 0.717) is 5.56 Å². The number of hydrogen-bond acceptors (Lipinski definition) is 0. The normalized spacial score (nSPS) is 33.4. The minimum Gasteiger partial charge on any atom is -0.243 e. The van der Waals surface area contributed by atoms with Crippen molar-refractivity contribution in [2.24, 2.45) is 0 Å². The van der Waals surface area contributed by atoms with Gasteiger partial charge in [0.1, 0.15) is 6.17 Å². The van der Waals surface area contributed by atoms with Crippen LogP contribution in [0.15, 0.2) is 24.3 Å². The average molecular weight is 168 g/mol. The second-order valence-electron chi connectivity index (χ2n) is 3.40. The van der Waals surface area contributed by atoms with Crippen LogP contribution >= 0.6 is 0 Å². The minimum atomic E-state index is -1.67. The monoisotopic (exact) mass is 168 g/mol. The molecule has 1 aromatic carbocycles. The highest BCUT2D eigenvalue weighted by atomic mass is 19.2. The van der Waals surface area contributed by atoms with Crippen molar-refractivity contribution in [3.8, 4) is 0 Å². The van der Waals surface area contributed by atoms with E-state index in [2.05, 4.69) is 0 Å². The van der Waals surface area contributed by atoms with Gasteiger partial charge in [0.2, 0.25) is 0 Å². The molecule has 0 aromatic heterocycles. The van der Waals surface area contributed by atoms with E-state index in [4.69, 9.17) is 0 Å². The number of aryl methyl sites for hydroxylation is 1. The molecule has 1 aliphatic carbocycles. The Kier molecular flexibility index (Phi) is 1.47. The zero-order valence-corrected chi connectivity index (χ0v) is 6.85. The zero-order chi connectivity index (χ0) is 8.77. The largest absolute Gasteiger partial charge is 0.243 e. The Balaban J connectivity index is 2.31. The van der Waals surface area contributed by atoms with Crippen molar-refractivity contribution in [2.45, 2.75) is 25.2 Å². The first-order valence-corrected chi connectivity index (χ1v) is 4.03. The van der Waals surface area contributed by atoms with Crippen molar-refractivity contribution in [3.63, 3.8) is 0 Å². The van der Waals surface area contributed by atoms with Crippen LogP contribution in [0, 0.1) is 6.92 Å². The first kappa shape index (κ1) is 7.71. The fraction of sp³-hybridized carbons (Fsp3) is 0.400. The third kappa shape index (κ3) is 1.02. The van der Waals surface area contributed by atoms with E-state index in [9.17, 15) is 8.78 Å². The molecule has 0 saturated heterocycles. The van der Waals surface area contributed by atoms with Gasteiger partial charge in [-0.3, -0.25) is 0 Å². The van der Waals surface area contributed by atoms with Gasteiger partial charge in [-0.2, -0.15) is 0 Å². The lowest BCUT2D eigenvalue weighted by atomic mass is 10.1. The summed E-state index contributed by atoms with van der Waals surface area (Å²) in [6.45, 7) is 1.93. The van der Waals surface area contributed by atoms with Crippen molar-refractivity contribution in [2.75, 3.05) is 0 Å². The molecule has 1 aliphatic rings. The molecule has 0 bridgehead atoms. The van der Waals surface area contributed by atoms with E-state index in [0.717, 1.165) is 5.56 Å². The Bertz CT molecular complexity index is 291. The standard InChI is InChI=1S/C10H10F2/c1-7-2-4-8(5-3-7)10(12)6-9(10)11/h2-5,9H,6H2,1H3. The molecule has 2 atom stereocenters. The summed E-state index contributed by atoms with van der Waals surface area (Å²) in [6, 6.07) is 6.94. The fourth-order valence-electron chi connectivity index (χ4n) is 1.33. The molecule has 1 fully saturated rings. The average Bonchev–Trinajstić information content (AvgIpc) is 2.62. The third-order valence-electron chi connectivity index (χ3n) is 2.34. The highest BCUT2D eigenvalue weighted by Crippen LogP contribution is 2.51. The molecular formula is C10H10F2. The molecule has 2 unspecified atom stereocenters. The minimum absolute atomic E-state index is 0.0239. The van der Waals surface area contributed by atoms with Crippen LogP contribution in [0.1, 0.15) is 17.5 Å². The Morgan fingerprint density at radius 3 is 2.25 bits per heavy atom. The van der Waals surface area contributed by atoms with Crippen LogP contribution in [0.4, 0.5) is 8.78 Å². The van der Waals surface area contributed by atoms with E-state index in [1.807, 2.05) is 19.1 Å². The van der Waals surface area contributed by atoms with E-state index in [-0.39, 0.29) is 6.42 Å². The molecule has 2 rings (SSSR count). The Hall–Kier alpha value is -0.920. The second kappa shape index (κ2) is 2.28. The highest BCUT2D eigenvalue weighted by molar-refractivity contribution is 5.33. The number of rotatable bonds is 1.